The van der Waals surface area contributed by atoms with E-state index in [0.717, 1.165) is 9.37 Å². The Morgan fingerprint density at radius 2 is 2.11 bits per heavy atom. The van der Waals surface area contributed by atoms with Crippen LogP contribution in [-0.4, -0.2) is 21.9 Å². The summed E-state index contributed by atoms with van der Waals surface area (Å²) in [5, 5.41) is 14.1. The summed E-state index contributed by atoms with van der Waals surface area (Å²) in [5.74, 6) is 0.203. The highest BCUT2D eigenvalue weighted by atomic mass is 79.9. The number of aromatic nitrogens is 2. The zero-order valence-corrected chi connectivity index (χ0v) is 12.2. The largest absolute Gasteiger partial charge is 0.367 e. The van der Waals surface area contributed by atoms with Gasteiger partial charge in [0.1, 0.15) is 6.33 Å². The molecular formula is C11H9BrN4O2S. The molecule has 0 aliphatic rings. The Labute approximate surface area is 121 Å². The van der Waals surface area contributed by atoms with Gasteiger partial charge in [0, 0.05) is 16.4 Å². The fraction of sp³-hybridized carbons (Fsp3) is 0.0909. The minimum Gasteiger partial charge on any atom is -0.367 e. The summed E-state index contributed by atoms with van der Waals surface area (Å²) in [6.07, 6.45) is 1.30. The van der Waals surface area contributed by atoms with Crippen LogP contribution in [-0.2, 0) is 0 Å². The summed E-state index contributed by atoms with van der Waals surface area (Å²) in [6, 6.07) is 7.47. The van der Waals surface area contributed by atoms with Crippen molar-refractivity contribution in [2.24, 2.45) is 0 Å². The predicted molar refractivity (Wildman–Crippen MR) is 76.5 cm³/mol. The number of hydrogen-bond acceptors (Lipinski definition) is 6. The molecule has 8 heteroatoms. The molecule has 1 N–H and O–H groups in total. The highest BCUT2D eigenvalue weighted by Gasteiger charge is 2.23. The van der Waals surface area contributed by atoms with E-state index >= 15 is 0 Å². The maximum absolute atomic E-state index is 11.1. The fourth-order valence-electron chi connectivity index (χ4n) is 1.42. The molecule has 0 saturated carbocycles. The molecule has 0 amide bonds. The van der Waals surface area contributed by atoms with Crippen molar-refractivity contribution in [1.29, 1.82) is 0 Å². The van der Waals surface area contributed by atoms with Crippen molar-refractivity contribution < 1.29 is 4.92 Å². The molecule has 2 rings (SSSR count). The molecule has 0 saturated heterocycles. The predicted octanol–water partition coefficient (Wildman–Crippen LogP) is 3.34. The van der Waals surface area contributed by atoms with E-state index in [1.54, 1.807) is 7.05 Å². The average molecular weight is 341 g/mol. The molecule has 0 radical (unpaired) electrons. The highest BCUT2D eigenvalue weighted by Crippen LogP contribution is 2.38. The monoisotopic (exact) mass is 340 g/mol. The molecule has 98 valence electrons. The highest BCUT2D eigenvalue weighted by molar-refractivity contribution is 9.10. The normalized spacial score (nSPS) is 10.2. The molecule has 0 aliphatic carbocycles. The van der Waals surface area contributed by atoms with Crippen LogP contribution >= 0.6 is 27.7 Å². The van der Waals surface area contributed by atoms with Crippen LogP contribution in [0.1, 0.15) is 0 Å². The molecule has 1 heterocycles. The van der Waals surface area contributed by atoms with E-state index in [4.69, 9.17) is 0 Å². The van der Waals surface area contributed by atoms with Gasteiger partial charge in [-0.15, -0.1) is 0 Å². The number of nitrogens with zero attached hydrogens (tertiary/aromatic N) is 3. The minimum absolute atomic E-state index is 0.120. The molecule has 1 aromatic carbocycles. The number of anilines is 1. The molecule has 0 aliphatic heterocycles. The van der Waals surface area contributed by atoms with Crippen molar-refractivity contribution >= 4 is 39.2 Å². The van der Waals surface area contributed by atoms with Gasteiger partial charge >= 0.3 is 5.69 Å². The standard InChI is InChI=1S/C11H9BrN4O2S/c1-13-10-9(16(17)18)11(15-6-14-10)19-8-5-3-2-4-7(8)12/h2-6H,1H3,(H,13,14,15). The second kappa shape index (κ2) is 5.98. The van der Waals surface area contributed by atoms with E-state index in [0.29, 0.717) is 5.03 Å². The van der Waals surface area contributed by atoms with Crippen molar-refractivity contribution in [2.75, 3.05) is 12.4 Å². The number of rotatable bonds is 4. The van der Waals surface area contributed by atoms with Gasteiger partial charge in [-0.2, -0.15) is 0 Å². The number of nitrogens with one attached hydrogen (secondary N) is 1. The third kappa shape index (κ3) is 3.02. The van der Waals surface area contributed by atoms with Crippen LogP contribution in [0.5, 0.6) is 0 Å². The van der Waals surface area contributed by atoms with Crippen LogP contribution in [0.3, 0.4) is 0 Å². The summed E-state index contributed by atoms with van der Waals surface area (Å²) in [6.45, 7) is 0. The number of halogens is 1. The van der Waals surface area contributed by atoms with Gasteiger partial charge in [0.25, 0.3) is 0 Å². The first-order chi connectivity index (χ1) is 9.13. The number of benzene rings is 1. The van der Waals surface area contributed by atoms with Crippen molar-refractivity contribution in [3.05, 3.63) is 45.2 Å². The van der Waals surface area contributed by atoms with Gasteiger partial charge in [-0.3, -0.25) is 10.1 Å². The first-order valence-corrected chi connectivity index (χ1v) is 6.84. The molecule has 0 spiro atoms. The molecule has 0 unspecified atom stereocenters. The third-order valence-electron chi connectivity index (χ3n) is 2.25. The smallest absolute Gasteiger partial charge is 0.343 e. The van der Waals surface area contributed by atoms with Gasteiger partial charge < -0.3 is 5.32 Å². The van der Waals surface area contributed by atoms with E-state index < -0.39 is 4.92 Å². The molecular weight excluding hydrogens is 332 g/mol. The molecule has 2 aromatic rings. The molecule has 0 bridgehead atoms. The van der Waals surface area contributed by atoms with E-state index in [1.165, 1.54) is 18.1 Å². The second-order valence-corrected chi connectivity index (χ2v) is 5.30. The molecule has 6 nitrogen and oxygen atoms in total. The average Bonchev–Trinajstić information content (AvgIpc) is 2.40. The van der Waals surface area contributed by atoms with Gasteiger partial charge in [0.2, 0.25) is 5.82 Å². The Morgan fingerprint density at radius 3 is 2.74 bits per heavy atom. The molecule has 0 atom stereocenters. The summed E-state index contributed by atoms with van der Waals surface area (Å²) >= 11 is 4.62. The van der Waals surface area contributed by atoms with Gasteiger partial charge in [-0.05, 0) is 28.1 Å². The topological polar surface area (TPSA) is 81.0 Å². The lowest BCUT2D eigenvalue weighted by molar-refractivity contribution is -0.387. The van der Waals surface area contributed by atoms with Crippen LogP contribution in [0.25, 0.3) is 0 Å². The lowest BCUT2D eigenvalue weighted by atomic mass is 10.4. The van der Waals surface area contributed by atoms with Crippen molar-refractivity contribution in [3.63, 3.8) is 0 Å². The zero-order valence-electron chi connectivity index (χ0n) is 9.83. The maximum Gasteiger partial charge on any atom is 0.343 e. The van der Waals surface area contributed by atoms with E-state index in [2.05, 4.69) is 31.2 Å². The summed E-state index contributed by atoms with van der Waals surface area (Å²) in [7, 11) is 1.59. The van der Waals surface area contributed by atoms with E-state index in [-0.39, 0.29) is 11.5 Å². The Hall–Kier alpha value is -1.67. The van der Waals surface area contributed by atoms with Crippen LogP contribution < -0.4 is 5.32 Å². The quantitative estimate of drug-likeness (QED) is 0.522. The maximum atomic E-state index is 11.1. The Kier molecular flexibility index (Phi) is 4.33. The molecule has 1 aromatic heterocycles. The van der Waals surface area contributed by atoms with Crippen LogP contribution in [0.2, 0.25) is 0 Å². The van der Waals surface area contributed by atoms with Gasteiger partial charge in [0.05, 0.1) is 4.92 Å². The van der Waals surface area contributed by atoms with Gasteiger partial charge in [-0.25, -0.2) is 9.97 Å². The lowest BCUT2D eigenvalue weighted by Crippen LogP contribution is -2.02. The van der Waals surface area contributed by atoms with Crippen molar-refractivity contribution in [2.45, 2.75) is 9.92 Å². The zero-order chi connectivity index (χ0) is 13.8. The Balaban J connectivity index is 2.46. The Morgan fingerprint density at radius 1 is 1.37 bits per heavy atom. The van der Waals surface area contributed by atoms with Crippen LogP contribution in [0.4, 0.5) is 11.5 Å². The van der Waals surface area contributed by atoms with Gasteiger partial charge in [-0.1, -0.05) is 23.9 Å². The summed E-state index contributed by atoms with van der Waals surface area (Å²) in [4.78, 5) is 19.4. The second-order valence-electron chi connectivity index (χ2n) is 3.42. The summed E-state index contributed by atoms with van der Waals surface area (Å²) < 4.78 is 0.860. The van der Waals surface area contributed by atoms with E-state index in [9.17, 15) is 10.1 Å². The first kappa shape index (κ1) is 13.8. The van der Waals surface area contributed by atoms with Crippen molar-refractivity contribution in [3.8, 4) is 0 Å². The number of hydrogen-bond donors (Lipinski definition) is 1. The Bertz CT molecular complexity index is 623. The molecule has 19 heavy (non-hydrogen) atoms. The fourth-order valence-corrected chi connectivity index (χ4v) is 2.83. The number of nitro groups is 1. The third-order valence-corrected chi connectivity index (χ3v) is 4.27. The first-order valence-electron chi connectivity index (χ1n) is 5.23. The molecule has 0 fully saturated rings. The SMILES string of the molecule is CNc1ncnc(Sc2ccccc2Br)c1[N+](=O)[O-]. The minimum atomic E-state index is -0.481. The van der Waals surface area contributed by atoms with Crippen molar-refractivity contribution in [1.82, 2.24) is 9.97 Å². The summed E-state index contributed by atoms with van der Waals surface area (Å²) in [5.41, 5.74) is -0.120. The van der Waals surface area contributed by atoms with E-state index in [1.807, 2.05) is 24.3 Å². The lowest BCUT2D eigenvalue weighted by Gasteiger charge is -2.06. The van der Waals surface area contributed by atoms with Crippen LogP contribution in [0.15, 0.2) is 45.0 Å². The van der Waals surface area contributed by atoms with Crippen LogP contribution in [0, 0.1) is 10.1 Å². The van der Waals surface area contributed by atoms with Gasteiger partial charge in [0.15, 0.2) is 5.03 Å².